The molecule has 2 aromatic rings. The molecule has 0 fully saturated rings. The van der Waals surface area contributed by atoms with Crippen LogP contribution in [0.25, 0.3) is 10.9 Å². The number of fused-ring (bicyclic) bond motifs is 1. The van der Waals surface area contributed by atoms with E-state index in [2.05, 4.69) is 55.9 Å². The summed E-state index contributed by atoms with van der Waals surface area (Å²) in [5.74, 6) is 0.950. The van der Waals surface area contributed by atoms with E-state index in [-0.39, 0.29) is 5.41 Å². The molecule has 17 heavy (non-hydrogen) atoms. The molecule has 0 saturated heterocycles. The Labute approximate surface area is 107 Å². The maximum Gasteiger partial charge on any atom is 0.137 e. The summed E-state index contributed by atoms with van der Waals surface area (Å²) in [5, 5.41) is 1.05. The molecule has 0 aliphatic heterocycles. The van der Waals surface area contributed by atoms with Gasteiger partial charge in [-0.15, -0.1) is 0 Å². The zero-order chi connectivity index (χ0) is 12.6. The highest BCUT2D eigenvalue weighted by Gasteiger charge is 2.14. The average molecular weight is 246 g/mol. The second-order valence-electron chi connectivity index (χ2n) is 5.35. The Morgan fingerprint density at radius 3 is 2.59 bits per heavy atom. The van der Waals surface area contributed by atoms with Gasteiger partial charge in [0, 0.05) is 17.3 Å². The van der Waals surface area contributed by atoms with Crippen molar-refractivity contribution in [1.29, 1.82) is 0 Å². The van der Waals surface area contributed by atoms with Crippen LogP contribution in [0, 0.1) is 4.64 Å². The second-order valence-corrected chi connectivity index (χ2v) is 5.74. The maximum atomic E-state index is 5.36. The van der Waals surface area contributed by atoms with Gasteiger partial charge in [0.2, 0.25) is 0 Å². The van der Waals surface area contributed by atoms with Crippen molar-refractivity contribution in [3.63, 3.8) is 0 Å². The van der Waals surface area contributed by atoms with E-state index in [1.54, 1.807) is 0 Å². The fourth-order valence-electron chi connectivity index (χ4n) is 1.83. The third kappa shape index (κ3) is 2.39. The van der Waals surface area contributed by atoms with E-state index in [0.717, 1.165) is 23.1 Å². The first-order valence-corrected chi connectivity index (χ1v) is 6.36. The van der Waals surface area contributed by atoms with Crippen LogP contribution in [0.4, 0.5) is 0 Å². The first-order valence-electron chi connectivity index (χ1n) is 5.95. The number of aromatic amines is 1. The zero-order valence-electron chi connectivity index (χ0n) is 10.8. The molecule has 0 bridgehead atoms. The van der Waals surface area contributed by atoms with E-state index in [1.165, 1.54) is 5.56 Å². The van der Waals surface area contributed by atoms with Crippen molar-refractivity contribution in [2.75, 3.05) is 0 Å². The lowest BCUT2D eigenvalue weighted by Crippen LogP contribution is -2.10. The summed E-state index contributed by atoms with van der Waals surface area (Å²) in [4.78, 5) is 7.72. The SMILES string of the molecule is CCc1nc(=S)c2cc(C(C)(C)C)ccc2[nH]1. The summed E-state index contributed by atoms with van der Waals surface area (Å²) in [7, 11) is 0. The van der Waals surface area contributed by atoms with Gasteiger partial charge in [0.1, 0.15) is 10.5 Å². The Balaban J connectivity index is 2.71. The number of hydrogen-bond donors (Lipinski definition) is 1. The van der Waals surface area contributed by atoms with E-state index in [9.17, 15) is 0 Å². The lowest BCUT2D eigenvalue weighted by molar-refractivity contribution is 0.591. The van der Waals surface area contributed by atoms with Crippen molar-refractivity contribution >= 4 is 23.1 Å². The number of nitrogens with zero attached hydrogens (tertiary/aromatic N) is 1. The molecule has 2 nitrogen and oxygen atoms in total. The first-order chi connectivity index (χ1) is 7.91. The molecule has 0 amide bonds. The minimum absolute atomic E-state index is 0.138. The smallest absolute Gasteiger partial charge is 0.137 e. The van der Waals surface area contributed by atoms with Gasteiger partial charge in [0.05, 0.1) is 0 Å². The third-order valence-corrected chi connectivity index (χ3v) is 3.28. The Morgan fingerprint density at radius 1 is 1.29 bits per heavy atom. The normalized spacial score (nSPS) is 12.0. The van der Waals surface area contributed by atoms with Gasteiger partial charge in [-0.3, -0.25) is 0 Å². The predicted octanol–water partition coefficient (Wildman–Crippen LogP) is 4.15. The molecule has 2 rings (SSSR count). The number of aromatic nitrogens is 2. The van der Waals surface area contributed by atoms with E-state index in [4.69, 9.17) is 12.2 Å². The molecule has 1 heterocycles. The Bertz CT molecular complexity index is 606. The standard InChI is InChI=1S/C14H18N2S/c1-5-12-15-11-7-6-9(14(2,3)4)8-10(11)13(17)16-12/h6-8H,5H2,1-4H3,(H,15,16,17). The molecule has 90 valence electrons. The summed E-state index contributed by atoms with van der Waals surface area (Å²) in [6.45, 7) is 8.68. The quantitative estimate of drug-likeness (QED) is 0.766. The molecule has 1 N–H and O–H groups in total. The molecule has 1 aromatic heterocycles. The monoisotopic (exact) mass is 246 g/mol. The molecule has 0 radical (unpaired) electrons. The summed E-state index contributed by atoms with van der Waals surface area (Å²) >= 11 is 5.36. The number of H-pyrrole nitrogens is 1. The van der Waals surface area contributed by atoms with Crippen LogP contribution in [0.5, 0.6) is 0 Å². The molecule has 0 spiro atoms. The van der Waals surface area contributed by atoms with Crippen LogP contribution in [0.3, 0.4) is 0 Å². The fourth-order valence-corrected chi connectivity index (χ4v) is 2.11. The van der Waals surface area contributed by atoms with E-state index >= 15 is 0 Å². The molecule has 0 aliphatic rings. The maximum absolute atomic E-state index is 5.36. The summed E-state index contributed by atoms with van der Waals surface area (Å²) in [5.41, 5.74) is 2.50. The highest BCUT2D eigenvalue weighted by molar-refractivity contribution is 7.71. The molecule has 0 saturated carbocycles. The van der Waals surface area contributed by atoms with Gasteiger partial charge in [0.15, 0.2) is 0 Å². The number of hydrogen-bond acceptors (Lipinski definition) is 2. The Morgan fingerprint density at radius 2 is 2.00 bits per heavy atom. The highest BCUT2D eigenvalue weighted by atomic mass is 32.1. The van der Waals surface area contributed by atoms with Gasteiger partial charge < -0.3 is 4.98 Å². The highest BCUT2D eigenvalue weighted by Crippen LogP contribution is 2.25. The topological polar surface area (TPSA) is 28.7 Å². The lowest BCUT2D eigenvalue weighted by atomic mass is 9.86. The average Bonchev–Trinajstić information content (AvgIpc) is 2.27. The number of nitrogens with one attached hydrogen (secondary N) is 1. The minimum atomic E-state index is 0.138. The predicted molar refractivity (Wildman–Crippen MR) is 75.0 cm³/mol. The lowest BCUT2D eigenvalue weighted by Gasteiger charge is -2.19. The van der Waals surface area contributed by atoms with Gasteiger partial charge in [-0.25, -0.2) is 4.98 Å². The van der Waals surface area contributed by atoms with Gasteiger partial charge in [0.25, 0.3) is 0 Å². The molecular formula is C14H18N2S. The van der Waals surface area contributed by atoms with Gasteiger partial charge >= 0.3 is 0 Å². The number of rotatable bonds is 1. The van der Waals surface area contributed by atoms with Gasteiger partial charge in [-0.05, 0) is 23.1 Å². The van der Waals surface area contributed by atoms with Crippen molar-refractivity contribution in [2.45, 2.75) is 39.5 Å². The minimum Gasteiger partial charge on any atom is -0.343 e. The molecule has 3 heteroatoms. The van der Waals surface area contributed by atoms with Crippen LogP contribution in [0.1, 0.15) is 39.1 Å². The largest absolute Gasteiger partial charge is 0.343 e. The van der Waals surface area contributed by atoms with Crippen LogP contribution in [0.15, 0.2) is 18.2 Å². The molecule has 0 aliphatic carbocycles. The number of benzene rings is 1. The molecule has 0 unspecified atom stereocenters. The molecular weight excluding hydrogens is 228 g/mol. The molecule has 1 aromatic carbocycles. The first kappa shape index (κ1) is 12.2. The van der Waals surface area contributed by atoms with Gasteiger partial charge in [-0.2, -0.15) is 0 Å². The fraction of sp³-hybridized carbons (Fsp3) is 0.429. The van der Waals surface area contributed by atoms with E-state index in [1.807, 2.05) is 0 Å². The van der Waals surface area contributed by atoms with E-state index in [0.29, 0.717) is 4.64 Å². The summed E-state index contributed by atoms with van der Waals surface area (Å²) < 4.78 is 0.696. The van der Waals surface area contributed by atoms with Crippen LogP contribution in [0.2, 0.25) is 0 Å². The van der Waals surface area contributed by atoms with Crippen molar-refractivity contribution in [3.8, 4) is 0 Å². The van der Waals surface area contributed by atoms with Crippen LogP contribution >= 0.6 is 12.2 Å². The van der Waals surface area contributed by atoms with Crippen molar-refractivity contribution in [2.24, 2.45) is 0 Å². The number of aryl methyl sites for hydroxylation is 1. The second kappa shape index (κ2) is 4.22. The van der Waals surface area contributed by atoms with E-state index < -0.39 is 0 Å². The van der Waals surface area contributed by atoms with Crippen LogP contribution in [-0.4, -0.2) is 9.97 Å². The van der Waals surface area contributed by atoms with Crippen molar-refractivity contribution in [3.05, 3.63) is 34.2 Å². The zero-order valence-corrected chi connectivity index (χ0v) is 11.6. The summed E-state index contributed by atoms with van der Waals surface area (Å²) in [6, 6.07) is 6.42. The Hall–Kier alpha value is -1.22. The van der Waals surface area contributed by atoms with Crippen LogP contribution < -0.4 is 0 Å². The summed E-state index contributed by atoms with van der Waals surface area (Å²) in [6.07, 6.45) is 0.876. The van der Waals surface area contributed by atoms with Crippen LogP contribution in [-0.2, 0) is 11.8 Å². The third-order valence-electron chi connectivity index (χ3n) is 2.97. The van der Waals surface area contributed by atoms with Crippen molar-refractivity contribution < 1.29 is 0 Å². The van der Waals surface area contributed by atoms with Gasteiger partial charge in [-0.1, -0.05) is 46.0 Å². The Kier molecular flexibility index (Phi) is 3.04. The van der Waals surface area contributed by atoms with Crippen molar-refractivity contribution in [1.82, 2.24) is 9.97 Å². The molecule has 0 atom stereocenters.